The predicted molar refractivity (Wildman–Crippen MR) is 55.2 cm³/mol. The maximum atomic E-state index is 13.2. The molecule has 0 saturated carbocycles. The van der Waals surface area contributed by atoms with Crippen LogP contribution in [0.2, 0.25) is 10.0 Å². The second kappa shape index (κ2) is 3.40. The largest absolute Gasteiger partial charge is 0.477 e. The highest BCUT2D eigenvalue weighted by molar-refractivity contribution is 6.39. The van der Waals surface area contributed by atoms with E-state index >= 15 is 0 Å². The Hall–Kier alpha value is -1.26. The first-order chi connectivity index (χ1) is 7.00. The third-order valence-corrected chi connectivity index (χ3v) is 2.63. The zero-order valence-electron chi connectivity index (χ0n) is 7.14. The third kappa shape index (κ3) is 1.56. The van der Waals surface area contributed by atoms with Gasteiger partial charge in [0.15, 0.2) is 5.82 Å². The molecule has 2 rings (SSSR count). The number of aromatic carboxylic acids is 1. The van der Waals surface area contributed by atoms with Gasteiger partial charge in [0.1, 0.15) is 5.69 Å². The number of carbonyl (C=O) groups is 1. The van der Waals surface area contributed by atoms with E-state index in [1.54, 1.807) is 0 Å². The summed E-state index contributed by atoms with van der Waals surface area (Å²) in [5, 5.41) is 8.69. The molecule has 0 amide bonds. The van der Waals surface area contributed by atoms with Crippen LogP contribution in [0.4, 0.5) is 4.39 Å². The molecule has 6 heteroatoms. The molecule has 0 saturated heterocycles. The minimum absolute atomic E-state index is 0.0615. The topological polar surface area (TPSA) is 53.1 Å². The van der Waals surface area contributed by atoms with Gasteiger partial charge >= 0.3 is 5.97 Å². The lowest BCUT2D eigenvalue weighted by Crippen LogP contribution is -1.94. The fraction of sp³-hybridized carbons (Fsp3) is 0. The van der Waals surface area contributed by atoms with Crippen LogP contribution in [0.1, 0.15) is 10.5 Å². The van der Waals surface area contributed by atoms with Crippen LogP contribution in [0.3, 0.4) is 0 Å². The Balaban J connectivity index is 2.82. The van der Waals surface area contributed by atoms with Crippen LogP contribution < -0.4 is 0 Å². The number of rotatable bonds is 1. The second-order valence-electron chi connectivity index (χ2n) is 2.94. The Labute approximate surface area is 93.4 Å². The maximum absolute atomic E-state index is 13.2. The SMILES string of the molecule is O=C(O)c1cc2c(Cl)c(F)c(Cl)cc2[nH]1. The molecule has 1 heterocycles. The van der Waals surface area contributed by atoms with Gasteiger partial charge in [0.05, 0.1) is 10.0 Å². The molecule has 0 unspecified atom stereocenters. The molecular weight excluding hydrogens is 244 g/mol. The van der Waals surface area contributed by atoms with E-state index in [9.17, 15) is 9.18 Å². The number of carboxylic acids is 1. The van der Waals surface area contributed by atoms with Crippen LogP contribution in [0.15, 0.2) is 12.1 Å². The van der Waals surface area contributed by atoms with Gasteiger partial charge in [-0.05, 0) is 12.1 Å². The molecule has 15 heavy (non-hydrogen) atoms. The van der Waals surface area contributed by atoms with E-state index in [0.29, 0.717) is 10.9 Å². The van der Waals surface area contributed by atoms with Crippen molar-refractivity contribution < 1.29 is 14.3 Å². The Morgan fingerprint density at radius 3 is 2.67 bits per heavy atom. The number of nitrogens with one attached hydrogen (secondary N) is 1. The molecule has 0 aliphatic heterocycles. The number of aromatic amines is 1. The van der Waals surface area contributed by atoms with Crippen molar-refractivity contribution >= 4 is 40.1 Å². The van der Waals surface area contributed by atoms with Crippen molar-refractivity contribution in [3.05, 3.63) is 33.7 Å². The highest BCUT2D eigenvalue weighted by atomic mass is 35.5. The first-order valence-corrected chi connectivity index (χ1v) is 4.66. The maximum Gasteiger partial charge on any atom is 0.352 e. The first-order valence-electron chi connectivity index (χ1n) is 3.90. The van der Waals surface area contributed by atoms with E-state index in [1.807, 2.05) is 0 Å². The van der Waals surface area contributed by atoms with Crippen molar-refractivity contribution in [2.24, 2.45) is 0 Å². The van der Waals surface area contributed by atoms with Crippen LogP contribution in [-0.2, 0) is 0 Å². The Bertz CT molecular complexity index is 565. The number of H-pyrrole nitrogens is 1. The van der Waals surface area contributed by atoms with E-state index in [2.05, 4.69) is 4.98 Å². The van der Waals surface area contributed by atoms with Crippen LogP contribution in [0.5, 0.6) is 0 Å². The van der Waals surface area contributed by atoms with Gasteiger partial charge in [0.25, 0.3) is 0 Å². The molecule has 1 aromatic carbocycles. The highest BCUT2D eigenvalue weighted by Crippen LogP contribution is 2.32. The molecule has 0 radical (unpaired) electrons. The van der Waals surface area contributed by atoms with Gasteiger partial charge in [-0.25, -0.2) is 9.18 Å². The molecule has 0 fully saturated rings. The van der Waals surface area contributed by atoms with Crippen LogP contribution in [-0.4, -0.2) is 16.1 Å². The normalized spacial score (nSPS) is 10.9. The van der Waals surface area contributed by atoms with Crippen molar-refractivity contribution in [3.63, 3.8) is 0 Å². The standard InChI is InChI=1S/C9H4Cl2FNO2/c10-4-2-5-3(7(11)8(4)12)1-6(13-5)9(14)15/h1-2,13H,(H,14,15). The quantitative estimate of drug-likeness (QED) is 0.760. The van der Waals surface area contributed by atoms with Gasteiger partial charge in [0, 0.05) is 10.9 Å². The fourth-order valence-corrected chi connectivity index (χ4v) is 1.80. The summed E-state index contributed by atoms with van der Waals surface area (Å²) in [6.07, 6.45) is 0. The molecule has 2 aromatic rings. The molecule has 0 aliphatic rings. The smallest absolute Gasteiger partial charge is 0.352 e. The van der Waals surface area contributed by atoms with Gasteiger partial charge in [-0.1, -0.05) is 23.2 Å². The van der Waals surface area contributed by atoms with Gasteiger partial charge in [-0.15, -0.1) is 0 Å². The highest BCUT2D eigenvalue weighted by Gasteiger charge is 2.15. The number of fused-ring (bicyclic) bond motifs is 1. The molecule has 1 aromatic heterocycles. The van der Waals surface area contributed by atoms with Gasteiger partial charge in [0.2, 0.25) is 0 Å². The number of hydrogen-bond acceptors (Lipinski definition) is 1. The van der Waals surface area contributed by atoms with E-state index in [0.717, 1.165) is 0 Å². The molecule has 0 spiro atoms. The van der Waals surface area contributed by atoms with Gasteiger partial charge in [-0.3, -0.25) is 0 Å². The van der Waals surface area contributed by atoms with E-state index in [1.165, 1.54) is 12.1 Å². The monoisotopic (exact) mass is 247 g/mol. The van der Waals surface area contributed by atoms with E-state index < -0.39 is 11.8 Å². The average Bonchev–Trinajstić information content (AvgIpc) is 2.58. The molecule has 2 N–H and O–H groups in total. The lowest BCUT2D eigenvalue weighted by atomic mass is 10.2. The average molecular weight is 248 g/mol. The van der Waals surface area contributed by atoms with Crippen molar-refractivity contribution in [1.82, 2.24) is 4.98 Å². The summed E-state index contributed by atoms with van der Waals surface area (Å²) < 4.78 is 13.2. The Morgan fingerprint density at radius 2 is 2.07 bits per heavy atom. The third-order valence-electron chi connectivity index (χ3n) is 1.99. The Kier molecular flexibility index (Phi) is 2.32. The first kappa shape index (κ1) is 10.3. The molecule has 3 nitrogen and oxygen atoms in total. The minimum Gasteiger partial charge on any atom is -0.477 e. The van der Waals surface area contributed by atoms with Crippen molar-refractivity contribution in [2.75, 3.05) is 0 Å². The summed E-state index contributed by atoms with van der Waals surface area (Å²) in [5.74, 6) is -1.89. The Morgan fingerprint density at radius 1 is 1.40 bits per heavy atom. The number of hydrogen-bond donors (Lipinski definition) is 2. The lowest BCUT2D eigenvalue weighted by Gasteiger charge is -1.98. The second-order valence-corrected chi connectivity index (χ2v) is 3.72. The zero-order valence-corrected chi connectivity index (χ0v) is 8.66. The summed E-state index contributed by atoms with van der Waals surface area (Å²) in [6.45, 7) is 0. The summed E-state index contributed by atoms with van der Waals surface area (Å²) >= 11 is 11.2. The summed E-state index contributed by atoms with van der Waals surface area (Å²) in [4.78, 5) is 13.2. The molecule has 78 valence electrons. The fourth-order valence-electron chi connectivity index (χ4n) is 1.29. The number of aromatic nitrogens is 1. The van der Waals surface area contributed by atoms with E-state index in [-0.39, 0.29) is 15.7 Å². The van der Waals surface area contributed by atoms with Crippen molar-refractivity contribution in [3.8, 4) is 0 Å². The summed E-state index contributed by atoms with van der Waals surface area (Å²) in [5.41, 5.74) is 0.331. The van der Waals surface area contributed by atoms with Gasteiger partial charge in [-0.2, -0.15) is 0 Å². The number of halogens is 3. The number of carboxylic acid groups (broad SMARTS) is 1. The predicted octanol–water partition coefficient (Wildman–Crippen LogP) is 3.31. The molecule has 0 atom stereocenters. The number of benzene rings is 1. The van der Waals surface area contributed by atoms with Crippen LogP contribution in [0, 0.1) is 5.82 Å². The van der Waals surface area contributed by atoms with E-state index in [4.69, 9.17) is 28.3 Å². The molecular formula is C9H4Cl2FNO2. The summed E-state index contributed by atoms with van der Waals surface area (Å²) in [7, 11) is 0. The minimum atomic E-state index is -1.14. The van der Waals surface area contributed by atoms with Crippen molar-refractivity contribution in [1.29, 1.82) is 0 Å². The van der Waals surface area contributed by atoms with Gasteiger partial charge < -0.3 is 10.1 Å². The summed E-state index contributed by atoms with van der Waals surface area (Å²) in [6, 6.07) is 2.56. The van der Waals surface area contributed by atoms with Crippen LogP contribution >= 0.6 is 23.2 Å². The van der Waals surface area contributed by atoms with Crippen LogP contribution in [0.25, 0.3) is 10.9 Å². The molecule has 0 aliphatic carbocycles. The zero-order chi connectivity index (χ0) is 11.2. The van der Waals surface area contributed by atoms with Crippen molar-refractivity contribution in [2.45, 2.75) is 0 Å². The molecule has 0 bridgehead atoms. The lowest BCUT2D eigenvalue weighted by molar-refractivity contribution is 0.0691.